The molecule has 1 aliphatic rings. The van der Waals surface area contributed by atoms with Crippen molar-refractivity contribution in [2.75, 3.05) is 27.3 Å². The van der Waals surface area contributed by atoms with Crippen LogP contribution in [0.15, 0.2) is 0 Å². The zero-order valence-electron chi connectivity index (χ0n) is 7.35. The normalized spacial score (nSPS) is 24.5. The van der Waals surface area contributed by atoms with Crippen molar-refractivity contribution in [2.24, 2.45) is 0 Å². The molecule has 1 N–H and O–H groups in total. The van der Waals surface area contributed by atoms with E-state index in [9.17, 15) is 0 Å². The lowest BCUT2D eigenvalue weighted by Gasteiger charge is -2.28. The molecule has 11 heavy (non-hydrogen) atoms. The number of methoxy groups -OCH3 is 2. The summed E-state index contributed by atoms with van der Waals surface area (Å²) in [5.41, 5.74) is 0. The van der Waals surface area contributed by atoms with E-state index in [1.165, 1.54) is 0 Å². The van der Waals surface area contributed by atoms with E-state index in [0.717, 1.165) is 32.4 Å². The van der Waals surface area contributed by atoms with Crippen LogP contribution < -0.4 is 5.32 Å². The summed E-state index contributed by atoms with van der Waals surface area (Å²) in [5.74, 6) is -0.316. The number of hydrogen-bond donors (Lipinski definition) is 1. The third kappa shape index (κ3) is 2.15. The molecule has 0 radical (unpaired) electrons. The predicted octanol–water partition coefficient (Wildman–Crippen LogP) is 0.749. The van der Waals surface area contributed by atoms with Gasteiger partial charge in [0.2, 0.25) is 0 Å². The molecule has 1 saturated heterocycles. The largest absolute Gasteiger partial charge is 0.353 e. The molecule has 0 aliphatic carbocycles. The van der Waals surface area contributed by atoms with Gasteiger partial charge in [0, 0.05) is 33.6 Å². The van der Waals surface area contributed by atoms with E-state index in [0.29, 0.717) is 0 Å². The zero-order chi connectivity index (χ0) is 8.16. The molecule has 1 heterocycles. The molecule has 0 aromatic carbocycles. The smallest absolute Gasteiger partial charge is 0.168 e. The Hall–Kier alpha value is -0.120. The summed E-state index contributed by atoms with van der Waals surface area (Å²) >= 11 is 0. The van der Waals surface area contributed by atoms with Gasteiger partial charge in [-0.2, -0.15) is 0 Å². The van der Waals surface area contributed by atoms with Crippen LogP contribution in [0.5, 0.6) is 0 Å². The Labute approximate surface area is 68.1 Å². The number of ether oxygens (including phenoxy) is 2. The highest BCUT2D eigenvalue weighted by Crippen LogP contribution is 2.23. The molecule has 66 valence electrons. The first-order valence-electron chi connectivity index (χ1n) is 4.14. The lowest BCUT2D eigenvalue weighted by molar-refractivity contribution is -0.211. The predicted molar refractivity (Wildman–Crippen MR) is 43.5 cm³/mol. The topological polar surface area (TPSA) is 30.5 Å². The van der Waals surface area contributed by atoms with Gasteiger partial charge < -0.3 is 14.8 Å². The molecular formula is C8H17NO2. The van der Waals surface area contributed by atoms with Crippen LogP contribution >= 0.6 is 0 Å². The molecule has 1 fully saturated rings. The van der Waals surface area contributed by atoms with Crippen molar-refractivity contribution in [3.05, 3.63) is 0 Å². The molecular weight excluding hydrogens is 142 g/mol. The first kappa shape index (κ1) is 8.97. The van der Waals surface area contributed by atoms with Crippen molar-refractivity contribution in [2.45, 2.75) is 25.0 Å². The van der Waals surface area contributed by atoms with Crippen LogP contribution in [0.2, 0.25) is 0 Å². The standard InChI is InChI=1S/C8H17NO2/c1-10-8(11-2)4-3-6-9-7-5-8/h9H,3-7H2,1-2H3. The molecule has 0 atom stereocenters. The summed E-state index contributed by atoms with van der Waals surface area (Å²) in [6, 6.07) is 0. The molecule has 0 bridgehead atoms. The Morgan fingerprint density at radius 1 is 1.09 bits per heavy atom. The zero-order valence-corrected chi connectivity index (χ0v) is 7.35. The molecule has 3 heteroatoms. The van der Waals surface area contributed by atoms with Gasteiger partial charge in [-0.05, 0) is 13.0 Å². The summed E-state index contributed by atoms with van der Waals surface area (Å²) in [5, 5.41) is 3.31. The molecule has 0 spiro atoms. The summed E-state index contributed by atoms with van der Waals surface area (Å²) < 4.78 is 10.7. The van der Waals surface area contributed by atoms with E-state index in [4.69, 9.17) is 9.47 Å². The fourth-order valence-corrected chi connectivity index (χ4v) is 1.50. The molecule has 3 nitrogen and oxygen atoms in total. The Bertz CT molecular complexity index is 103. The van der Waals surface area contributed by atoms with Crippen LogP contribution in [-0.2, 0) is 9.47 Å². The van der Waals surface area contributed by atoms with Crippen molar-refractivity contribution in [1.82, 2.24) is 5.32 Å². The minimum Gasteiger partial charge on any atom is -0.353 e. The van der Waals surface area contributed by atoms with E-state index in [1.807, 2.05) is 0 Å². The SMILES string of the molecule is COC1(OC)CCCNCC1. The molecule has 1 aliphatic heterocycles. The summed E-state index contributed by atoms with van der Waals surface area (Å²) in [7, 11) is 3.43. The van der Waals surface area contributed by atoms with E-state index < -0.39 is 0 Å². The maximum Gasteiger partial charge on any atom is 0.168 e. The fraction of sp³-hybridized carbons (Fsp3) is 1.00. The minimum absolute atomic E-state index is 0.316. The lowest BCUT2D eigenvalue weighted by atomic mass is 10.1. The van der Waals surface area contributed by atoms with Gasteiger partial charge in [0.1, 0.15) is 0 Å². The molecule has 1 rings (SSSR count). The number of nitrogens with one attached hydrogen (secondary N) is 1. The van der Waals surface area contributed by atoms with Crippen LogP contribution in [0.25, 0.3) is 0 Å². The van der Waals surface area contributed by atoms with Gasteiger partial charge in [0.25, 0.3) is 0 Å². The van der Waals surface area contributed by atoms with Crippen LogP contribution in [0, 0.1) is 0 Å². The van der Waals surface area contributed by atoms with Gasteiger partial charge in [-0.1, -0.05) is 0 Å². The molecule has 0 aromatic rings. The summed E-state index contributed by atoms with van der Waals surface area (Å²) in [6.45, 7) is 2.07. The van der Waals surface area contributed by atoms with Gasteiger partial charge in [0.15, 0.2) is 5.79 Å². The monoisotopic (exact) mass is 159 g/mol. The van der Waals surface area contributed by atoms with Gasteiger partial charge >= 0.3 is 0 Å². The number of hydrogen-bond acceptors (Lipinski definition) is 3. The van der Waals surface area contributed by atoms with Crippen molar-refractivity contribution in [3.8, 4) is 0 Å². The van der Waals surface area contributed by atoms with Crippen molar-refractivity contribution in [1.29, 1.82) is 0 Å². The van der Waals surface area contributed by atoms with E-state index in [-0.39, 0.29) is 5.79 Å². The van der Waals surface area contributed by atoms with Crippen LogP contribution in [0.3, 0.4) is 0 Å². The van der Waals surface area contributed by atoms with E-state index in [1.54, 1.807) is 14.2 Å². The fourth-order valence-electron chi connectivity index (χ4n) is 1.50. The second kappa shape index (κ2) is 4.04. The van der Waals surface area contributed by atoms with E-state index in [2.05, 4.69) is 5.32 Å². The highest BCUT2D eigenvalue weighted by Gasteiger charge is 2.29. The van der Waals surface area contributed by atoms with Crippen molar-refractivity contribution < 1.29 is 9.47 Å². The third-order valence-corrected chi connectivity index (χ3v) is 2.34. The van der Waals surface area contributed by atoms with Crippen LogP contribution in [-0.4, -0.2) is 33.1 Å². The average molecular weight is 159 g/mol. The summed E-state index contributed by atoms with van der Waals surface area (Å²) in [6.07, 6.45) is 3.06. The Balaban J connectivity index is 2.49. The van der Waals surface area contributed by atoms with Gasteiger partial charge in [0.05, 0.1) is 0 Å². The molecule has 0 amide bonds. The maximum atomic E-state index is 5.35. The maximum absolute atomic E-state index is 5.35. The van der Waals surface area contributed by atoms with Crippen LogP contribution in [0.4, 0.5) is 0 Å². The van der Waals surface area contributed by atoms with E-state index >= 15 is 0 Å². The summed E-state index contributed by atoms with van der Waals surface area (Å²) in [4.78, 5) is 0. The first-order chi connectivity index (χ1) is 5.33. The van der Waals surface area contributed by atoms with Crippen molar-refractivity contribution >= 4 is 0 Å². The second-order valence-corrected chi connectivity index (χ2v) is 2.92. The van der Waals surface area contributed by atoms with Gasteiger partial charge in [-0.25, -0.2) is 0 Å². The number of rotatable bonds is 2. The molecule has 0 unspecified atom stereocenters. The Morgan fingerprint density at radius 3 is 2.45 bits per heavy atom. The average Bonchev–Trinajstić information content (AvgIpc) is 2.30. The second-order valence-electron chi connectivity index (χ2n) is 2.92. The minimum atomic E-state index is -0.316. The van der Waals surface area contributed by atoms with Crippen molar-refractivity contribution in [3.63, 3.8) is 0 Å². The Morgan fingerprint density at radius 2 is 1.82 bits per heavy atom. The first-order valence-corrected chi connectivity index (χ1v) is 4.14. The van der Waals surface area contributed by atoms with Gasteiger partial charge in [-0.15, -0.1) is 0 Å². The lowest BCUT2D eigenvalue weighted by Crippen LogP contribution is -2.34. The quantitative estimate of drug-likeness (QED) is 0.603. The highest BCUT2D eigenvalue weighted by atomic mass is 16.7. The molecule has 0 saturated carbocycles. The van der Waals surface area contributed by atoms with Crippen LogP contribution in [0.1, 0.15) is 19.3 Å². The Kier molecular flexibility index (Phi) is 3.30. The third-order valence-electron chi connectivity index (χ3n) is 2.34. The highest BCUT2D eigenvalue weighted by molar-refractivity contribution is 4.74. The molecule has 0 aromatic heterocycles. The van der Waals surface area contributed by atoms with Gasteiger partial charge in [-0.3, -0.25) is 0 Å².